The van der Waals surface area contributed by atoms with E-state index in [4.69, 9.17) is 16.3 Å². The van der Waals surface area contributed by atoms with Crippen molar-refractivity contribution in [3.05, 3.63) is 52.5 Å². The number of halogens is 1. The molecule has 2 N–H and O–H groups in total. The second-order valence-corrected chi connectivity index (χ2v) is 7.71. The molecule has 2 aromatic carbocycles. The standard InChI is InChI=1S/C22H28ClN3O2/c1-4-28-20-8-6-5-7-19(20)26-11-9-25(10-12-26)15-21(27)24-22-17(3)13-16(2)14-18(22)23/h5-8,13-14H,4,9-12,15H2,1-3H3,(H,24,27)/p+1. The molecule has 1 heterocycles. The molecule has 0 aliphatic carbocycles. The van der Waals surface area contributed by atoms with Gasteiger partial charge in [0.05, 0.1) is 49.2 Å². The first-order valence-electron chi connectivity index (χ1n) is 9.85. The van der Waals surface area contributed by atoms with Crippen molar-refractivity contribution in [2.24, 2.45) is 0 Å². The van der Waals surface area contributed by atoms with Crippen molar-refractivity contribution in [1.82, 2.24) is 0 Å². The van der Waals surface area contributed by atoms with E-state index in [1.54, 1.807) is 0 Å². The van der Waals surface area contributed by atoms with E-state index in [0.29, 0.717) is 18.2 Å². The number of ether oxygens (including phenoxy) is 1. The van der Waals surface area contributed by atoms with Gasteiger partial charge in [0.2, 0.25) is 0 Å². The van der Waals surface area contributed by atoms with Crippen LogP contribution in [0.1, 0.15) is 18.1 Å². The van der Waals surface area contributed by atoms with Crippen LogP contribution in [-0.2, 0) is 4.79 Å². The predicted octanol–water partition coefficient (Wildman–Crippen LogP) is 2.70. The summed E-state index contributed by atoms with van der Waals surface area (Å²) in [5, 5.41) is 3.59. The lowest BCUT2D eigenvalue weighted by molar-refractivity contribution is -0.892. The van der Waals surface area contributed by atoms with E-state index < -0.39 is 0 Å². The molecule has 0 saturated carbocycles. The molecule has 150 valence electrons. The Morgan fingerprint density at radius 1 is 1.21 bits per heavy atom. The summed E-state index contributed by atoms with van der Waals surface area (Å²) in [5.74, 6) is 0.933. The molecule has 1 saturated heterocycles. The maximum absolute atomic E-state index is 12.5. The highest BCUT2D eigenvalue weighted by Crippen LogP contribution is 2.28. The van der Waals surface area contributed by atoms with Gasteiger partial charge < -0.3 is 19.9 Å². The third kappa shape index (κ3) is 4.97. The Kier molecular flexibility index (Phi) is 6.81. The lowest BCUT2D eigenvalue weighted by Crippen LogP contribution is -3.15. The highest BCUT2D eigenvalue weighted by Gasteiger charge is 2.24. The fraction of sp³-hybridized carbons (Fsp3) is 0.409. The van der Waals surface area contributed by atoms with Gasteiger partial charge in [-0.1, -0.05) is 29.8 Å². The quantitative estimate of drug-likeness (QED) is 0.781. The predicted molar refractivity (Wildman–Crippen MR) is 115 cm³/mol. The van der Waals surface area contributed by atoms with Crippen molar-refractivity contribution in [1.29, 1.82) is 0 Å². The number of rotatable bonds is 6. The summed E-state index contributed by atoms with van der Waals surface area (Å²) in [6.07, 6.45) is 0. The van der Waals surface area contributed by atoms with Crippen LogP contribution in [0.5, 0.6) is 5.75 Å². The van der Waals surface area contributed by atoms with E-state index in [-0.39, 0.29) is 5.91 Å². The molecular formula is C22H29ClN3O2+. The molecule has 0 bridgehead atoms. The molecule has 28 heavy (non-hydrogen) atoms. The maximum Gasteiger partial charge on any atom is 0.279 e. The number of amides is 1. The Balaban J connectivity index is 1.55. The van der Waals surface area contributed by atoms with E-state index in [1.165, 1.54) is 4.90 Å². The Morgan fingerprint density at radius 2 is 1.93 bits per heavy atom. The van der Waals surface area contributed by atoms with Gasteiger partial charge in [-0.15, -0.1) is 0 Å². The summed E-state index contributed by atoms with van der Waals surface area (Å²) < 4.78 is 5.75. The third-order valence-electron chi connectivity index (χ3n) is 5.08. The largest absolute Gasteiger partial charge is 0.492 e. The number of piperazine rings is 1. The molecular weight excluding hydrogens is 374 g/mol. The minimum absolute atomic E-state index is 0.00650. The van der Waals surface area contributed by atoms with Crippen LogP contribution >= 0.6 is 11.6 Å². The van der Waals surface area contributed by atoms with Crippen molar-refractivity contribution < 1.29 is 14.4 Å². The van der Waals surface area contributed by atoms with Crippen LogP contribution in [0.15, 0.2) is 36.4 Å². The molecule has 1 aliphatic heterocycles. The number of para-hydroxylation sites is 2. The minimum atomic E-state index is 0.00650. The van der Waals surface area contributed by atoms with E-state index in [9.17, 15) is 4.79 Å². The second-order valence-electron chi connectivity index (χ2n) is 7.30. The van der Waals surface area contributed by atoms with E-state index >= 15 is 0 Å². The molecule has 0 atom stereocenters. The van der Waals surface area contributed by atoms with Crippen LogP contribution in [-0.4, -0.2) is 45.2 Å². The van der Waals surface area contributed by atoms with Crippen LogP contribution < -0.4 is 19.9 Å². The van der Waals surface area contributed by atoms with Gasteiger partial charge in [-0.05, 0) is 50.1 Å². The summed E-state index contributed by atoms with van der Waals surface area (Å²) in [6, 6.07) is 12.1. The minimum Gasteiger partial charge on any atom is -0.492 e. The molecule has 6 heteroatoms. The van der Waals surface area contributed by atoms with Crippen molar-refractivity contribution >= 4 is 28.9 Å². The Hall–Kier alpha value is -2.24. The average molecular weight is 403 g/mol. The first-order chi connectivity index (χ1) is 13.5. The highest BCUT2D eigenvalue weighted by molar-refractivity contribution is 6.34. The molecule has 1 aliphatic rings. The second kappa shape index (κ2) is 9.30. The number of hydrogen-bond donors (Lipinski definition) is 2. The zero-order valence-electron chi connectivity index (χ0n) is 16.8. The fourth-order valence-electron chi connectivity index (χ4n) is 3.72. The summed E-state index contributed by atoms with van der Waals surface area (Å²) in [7, 11) is 0. The highest BCUT2D eigenvalue weighted by atomic mass is 35.5. The van der Waals surface area contributed by atoms with Crippen LogP contribution in [0.4, 0.5) is 11.4 Å². The van der Waals surface area contributed by atoms with Gasteiger partial charge in [-0.2, -0.15) is 0 Å². The zero-order chi connectivity index (χ0) is 20.1. The number of nitrogens with one attached hydrogen (secondary N) is 2. The van der Waals surface area contributed by atoms with Gasteiger partial charge in [-0.3, -0.25) is 4.79 Å². The van der Waals surface area contributed by atoms with Gasteiger partial charge in [-0.25, -0.2) is 0 Å². The molecule has 2 aromatic rings. The number of nitrogens with zero attached hydrogens (tertiary/aromatic N) is 1. The number of aryl methyl sites for hydroxylation is 2. The maximum atomic E-state index is 12.5. The zero-order valence-corrected chi connectivity index (χ0v) is 17.6. The molecule has 0 radical (unpaired) electrons. The number of carbonyl (C=O) groups is 1. The SMILES string of the molecule is CCOc1ccccc1N1CC[NH+](CC(=O)Nc2c(C)cc(C)cc2Cl)CC1. The van der Waals surface area contributed by atoms with Gasteiger partial charge in [0.25, 0.3) is 5.91 Å². The first kappa shape index (κ1) is 20.5. The summed E-state index contributed by atoms with van der Waals surface area (Å²) >= 11 is 6.31. The van der Waals surface area contributed by atoms with Crippen LogP contribution in [0, 0.1) is 13.8 Å². The van der Waals surface area contributed by atoms with Crippen molar-refractivity contribution in [2.75, 3.05) is 49.5 Å². The fourth-order valence-corrected chi connectivity index (χ4v) is 4.09. The topological polar surface area (TPSA) is 46.0 Å². The number of carbonyl (C=O) groups excluding carboxylic acids is 1. The van der Waals surface area contributed by atoms with Gasteiger partial charge in [0.1, 0.15) is 5.75 Å². The summed E-state index contributed by atoms with van der Waals surface area (Å²) in [6.45, 7) is 10.7. The van der Waals surface area contributed by atoms with Crippen LogP contribution in [0.2, 0.25) is 5.02 Å². The Labute approximate surface area is 172 Å². The van der Waals surface area contributed by atoms with E-state index in [0.717, 1.165) is 54.4 Å². The van der Waals surface area contributed by atoms with Gasteiger partial charge in [0.15, 0.2) is 6.54 Å². The van der Waals surface area contributed by atoms with Crippen molar-refractivity contribution in [3.8, 4) is 5.75 Å². The third-order valence-corrected chi connectivity index (χ3v) is 5.38. The number of hydrogen-bond acceptors (Lipinski definition) is 3. The van der Waals surface area contributed by atoms with E-state index in [2.05, 4.69) is 16.3 Å². The molecule has 1 fully saturated rings. The lowest BCUT2D eigenvalue weighted by atomic mass is 10.1. The summed E-state index contributed by atoms with van der Waals surface area (Å²) in [4.78, 5) is 16.2. The van der Waals surface area contributed by atoms with Crippen LogP contribution in [0.25, 0.3) is 0 Å². The molecule has 0 spiro atoms. The monoisotopic (exact) mass is 402 g/mol. The van der Waals surface area contributed by atoms with Crippen molar-refractivity contribution in [3.63, 3.8) is 0 Å². The van der Waals surface area contributed by atoms with Gasteiger partial charge >= 0.3 is 0 Å². The van der Waals surface area contributed by atoms with E-state index in [1.807, 2.05) is 51.1 Å². The van der Waals surface area contributed by atoms with Gasteiger partial charge in [0, 0.05) is 0 Å². The molecule has 5 nitrogen and oxygen atoms in total. The first-order valence-corrected chi connectivity index (χ1v) is 10.2. The lowest BCUT2D eigenvalue weighted by Gasteiger charge is -2.34. The normalized spacial score (nSPS) is 14.8. The number of anilines is 2. The van der Waals surface area contributed by atoms with Crippen LogP contribution in [0.3, 0.4) is 0 Å². The molecule has 0 unspecified atom stereocenters. The molecule has 1 amide bonds. The Bertz CT molecular complexity index is 809. The summed E-state index contributed by atoms with van der Waals surface area (Å²) in [5.41, 5.74) is 3.94. The van der Waals surface area contributed by atoms with Crippen molar-refractivity contribution in [2.45, 2.75) is 20.8 Å². The number of quaternary nitrogens is 1. The number of benzene rings is 2. The molecule has 3 rings (SSSR count). The molecule has 0 aromatic heterocycles. The Morgan fingerprint density at radius 3 is 2.61 bits per heavy atom. The average Bonchev–Trinajstić information content (AvgIpc) is 2.66. The smallest absolute Gasteiger partial charge is 0.279 e.